The van der Waals surface area contributed by atoms with Crippen LogP contribution in [0.15, 0.2) is 18.2 Å². The maximum atomic E-state index is 13.1. The van der Waals surface area contributed by atoms with Crippen LogP contribution in [0, 0.1) is 5.92 Å². The molecule has 2 heterocycles. The third kappa shape index (κ3) is 3.38. The van der Waals surface area contributed by atoms with Crippen LogP contribution in [0.25, 0.3) is 0 Å². The number of sulfonamides is 1. The van der Waals surface area contributed by atoms with E-state index < -0.39 is 21.6 Å². The van der Waals surface area contributed by atoms with Crippen molar-refractivity contribution in [2.45, 2.75) is 51.0 Å². The summed E-state index contributed by atoms with van der Waals surface area (Å²) in [6.07, 6.45) is 5.89. The molecule has 0 bridgehead atoms. The first-order valence-corrected chi connectivity index (χ1v) is 12.3. The number of amides is 3. The molecule has 9 heteroatoms. The van der Waals surface area contributed by atoms with Crippen LogP contribution in [0.5, 0.6) is 0 Å². The highest BCUT2D eigenvalue weighted by Crippen LogP contribution is 2.38. The highest BCUT2D eigenvalue weighted by Gasteiger charge is 2.55. The fraction of sp³-hybridized carbons (Fsp3) is 0.571. The van der Waals surface area contributed by atoms with Crippen molar-refractivity contribution in [2.75, 3.05) is 23.7 Å². The highest BCUT2D eigenvalue weighted by atomic mass is 32.2. The summed E-state index contributed by atoms with van der Waals surface area (Å²) in [5, 5.41) is 2.86. The van der Waals surface area contributed by atoms with Crippen LogP contribution in [-0.2, 0) is 21.2 Å². The highest BCUT2D eigenvalue weighted by molar-refractivity contribution is 7.92. The number of ketones is 1. The number of aryl methyl sites for hydroxylation is 1. The molecule has 1 spiro atoms. The van der Waals surface area contributed by atoms with E-state index in [1.807, 2.05) is 6.92 Å². The van der Waals surface area contributed by atoms with E-state index in [-0.39, 0.29) is 24.2 Å². The molecule has 1 N–H and O–H groups in total. The Labute approximate surface area is 176 Å². The van der Waals surface area contributed by atoms with Crippen molar-refractivity contribution >= 4 is 33.4 Å². The predicted octanol–water partition coefficient (Wildman–Crippen LogP) is 2.08. The number of carbonyl (C=O) groups is 3. The zero-order valence-electron chi connectivity index (χ0n) is 17.3. The Balaban J connectivity index is 1.55. The molecule has 2 unspecified atom stereocenters. The quantitative estimate of drug-likeness (QED) is 0.578. The Bertz CT molecular complexity index is 1020. The van der Waals surface area contributed by atoms with E-state index in [4.69, 9.17) is 0 Å². The van der Waals surface area contributed by atoms with Crippen molar-refractivity contribution in [1.82, 2.24) is 10.2 Å². The summed E-state index contributed by atoms with van der Waals surface area (Å²) in [6, 6.07) is 4.39. The zero-order valence-corrected chi connectivity index (χ0v) is 18.1. The van der Waals surface area contributed by atoms with Crippen LogP contribution >= 0.6 is 0 Å². The van der Waals surface area contributed by atoms with Crippen molar-refractivity contribution in [3.8, 4) is 0 Å². The first-order chi connectivity index (χ1) is 14.1. The number of hydrogen-bond donors (Lipinski definition) is 1. The lowest BCUT2D eigenvalue weighted by molar-refractivity contribution is -0.133. The van der Waals surface area contributed by atoms with Gasteiger partial charge in [0.2, 0.25) is 10.0 Å². The van der Waals surface area contributed by atoms with Gasteiger partial charge in [0, 0.05) is 12.1 Å². The number of carbonyl (C=O) groups excluding carboxylic acids is 3. The Kier molecular flexibility index (Phi) is 5.12. The molecule has 2 aliphatic heterocycles. The summed E-state index contributed by atoms with van der Waals surface area (Å²) in [7, 11) is -3.38. The Hall–Kier alpha value is -2.42. The first kappa shape index (κ1) is 20.8. The van der Waals surface area contributed by atoms with Crippen molar-refractivity contribution in [3.05, 3.63) is 29.3 Å². The molecule has 2 fully saturated rings. The SMILES string of the molecule is CC1CCCCC12NC(=O)N(CC(=O)c1ccc3c(c1)CCCN3S(C)(=O)=O)C2=O. The second-order valence-corrected chi connectivity index (χ2v) is 10.6. The van der Waals surface area contributed by atoms with Gasteiger partial charge in [0.15, 0.2) is 5.78 Å². The van der Waals surface area contributed by atoms with Crippen LogP contribution in [0.4, 0.5) is 10.5 Å². The van der Waals surface area contributed by atoms with Gasteiger partial charge in [0.05, 0.1) is 18.5 Å². The molecule has 3 amide bonds. The summed E-state index contributed by atoms with van der Waals surface area (Å²) in [5.74, 6) is -0.610. The summed E-state index contributed by atoms with van der Waals surface area (Å²) in [6.45, 7) is 2.08. The number of rotatable bonds is 4. The van der Waals surface area contributed by atoms with E-state index in [0.29, 0.717) is 37.1 Å². The average molecular weight is 434 g/mol. The minimum Gasteiger partial charge on any atom is -0.323 e. The Morgan fingerprint density at radius 3 is 2.70 bits per heavy atom. The van der Waals surface area contributed by atoms with E-state index in [1.54, 1.807) is 18.2 Å². The van der Waals surface area contributed by atoms with Gasteiger partial charge in [0.25, 0.3) is 5.91 Å². The van der Waals surface area contributed by atoms with Crippen molar-refractivity contribution in [3.63, 3.8) is 0 Å². The number of Topliss-reactive ketones (excluding diaryl/α,β-unsaturated/α-hetero) is 1. The fourth-order valence-corrected chi connectivity index (χ4v) is 5.95. The second-order valence-electron chi connectivity index (χ2n) is 8.64. The molecule has 1 aromatic carbocycles. The number of benzene rings is 1. The van der Waals surface area contributed by atoms with E-state index in [2.05, 4.69) is 5.32 Å². The van der Waals surface area contributed by atoms with Gasteiger partial charge in [-0.25, -0.2) is 13.2 Å². The topological polar surface area (TPSA) is 104 Å². The maximum absolute atomic E-state index is 13.1. The van der Waals surface area contributed by atoms with E-state index in [9.17, 15) is 22.8 Å². The lowest BCUT2D eigenvalue weighted by Gasteiger charge is -2.36. The lowest BCUT2D eigenvalue weighted by atomic mass is 9.73. The molecular weight excluding hydrogens is 406 g/mol. The molecule has 162 valence electrons. The molecular formula is C21H27N3O5S. The summed E-state index contributed by atoms with van der Waals surface area (Å²) in [5.41, 5.74) is 0.862. The molecule has 1 saturated carbocycles. The number of anilines is 1. The van der Waals surface area contributed by atoms with Gasteiger partial charge in [-0.15, -0.1) is 0 Å². The van der Waals surface area contributed by atoms with Gasteiger partial charge >= 0.3 is 6.03 Å². The summed E-state index contributed by atoms with van der Waals surface area (Å²) in [4.78, 5) is 39.5. The van der Waals surface area contributed by atoms with Gasteiger partial charge in [-0.2, -0.15) is 0 Å². The second kappa shape index (κ2) is 7.37. The van der Waals surface area contributed by atoms with Crippen molar-refractivity contribution in [1.29, 1.82) is 0 Å². The van der Waals surface area contributed by atoms with E-state index in [0.717, 1.165) is 29.7 Å². The largest absolute Gasteiger partial charge is 0.325 e. The molecule has 1 saturated heterocycles. The van der Waals surface area contributed by atoms with Crippen LogP contribution < -0.4 is 9.62 Å². The number of hydrogen-bond acceptors (Lipinski definition) is 5. The maximum Gasteiger partial charge on any atom is 0.325 e. The van der Waals surface area contributed by atoms with E-state index >= 15 is 0 Å². The molecule has 8 nitrogen and oxygen atoms in total. The molecule has 2 atom stereocenters. The van der Waals surface area contributed by atoms with Crippen LogP contribution in [0.2, 0.25) is 0 Å². The average Bonchev–Trinajstić information content (AvgIpc) is 2.93. The molecule has 0 radical (unpaired) electrons. The Morgan fingerprint density at radius 1 is 1.23 bits per heavy atom. The molecule has 1 aromatic rings. The molecule has 3 aliphatic rings. The Morgan fingerprint density at radius 2 is 2.00 bits per heavy atom. The normalized spacial score (nSPS) is 26.7. The van der Waals surface area contributed by atoms with E-state index in [1.165, 1.54) is 10.6 Å². The minimum atomic E-state index is -3.38. The number of nitrogens with zero attached hydrogens (tertiary/aromatic N) is 2. The van der Waals surface area contributed by atoms with Crippen LogP contribution in [0.3, 0.4) is 0 Å². The first-order valence-electron chi connectivity index (χ1n) is 10.4. The molecule has 4 rings (SSSR count). The van der Waals surface area contributed by atoms with Crippen LogP contribution in [0.1, 0.15) is 54.9 Å². The summed E-state index contributed by atoms with van der Waals surface area (Å²) < 4.78 is 25.4. The van der Waals surface area contributed by atoms with Crippen LogP contribution in [-0.4, -0.2) is 55.9 Å². The fourth-order valence-electron chi connectivity index (χ4n) is 4.95. The molecule has 30 heavy (non-hydrogen) atoms. The third-order valence-corrected chi connectivity index (χ3v) is 7.86. The predicted molar refractivity (Wildman–Crippen MR) is 112 cm³/mol. The summed E-state index contributed by atoms with van der Waals surface area (Å²) >= 11 is 0. The van der Waals surface area contributed by atoms with Crippen molar-refractivity contribution in [2.24, 2.45) is 5.92 Å². The standard InChI is InChI=1S/C21H27N3O5S/c1-14-6-3-4-10-21(14)19(26)23(20(27)22-21)13-18(25)16-8-9-17-15(12-16)7-5-11-24(17)30(2,28)29/h8-9,12,14H,3-7,10-11,13H2,1-2H3,(H,22,27). The van der Waals surface area contributed by atoms with Crippen molar-refractivity contribution < 1.29 is 22.8 Å². The molecule has 0 aromatic heterocycles. The monoisotopic (exact) mass is 433 g/mol. The van der Waals surface area contributed by atoms with Gasteiger partial charge in [-0.05, 0) is 55.4 Å². The number of imide groups is 1. The van der Waals surface area contributed by atoms with Gasteiger partial charge in [0.1, 0.15) is 5.54 Å². The lowest BCUT2D eigenvalue weighted by Crippen LogP contribution is -2.54. The number of fused-ring (bicyclic) bond motifs is 1. The number of nitrogens with one attached hydrogen (secondary N) is 1. The van der Waals surface area contributed by atoms with Gasteiger partial charge in [-0.1, -0.05) is 19.8 Å². The van der Waals surface area contributed by atoms with Gasteiger partial charge < -0.3 is 5.32 Å². The van der Waals surface area contributed by atoms with Gasteiger partial charge in [-0.3, -0.25) is 18.8 Å². The minimum absolute atomic E-state index is 0.0357. The zero-order chi connectivity index (χ0) is 21.7. The smallest absolute Gasteiger partial charge is 0.323 e. The molecule has 1 aliphatic carbocycles. The number of urea groups is 1. The third-order valence-electron chi connectivity index (χ3n) is 6.68.